The topological polar surface area (TPSA) is 79.4 Å². The minimum atomic E-state index is -3.40. The van der Waals surface area contributed by atoms with Gasteiger partial charge in [-0.2, -0.15) is 0 Å². The van der Waals surface area contributed by atoms with Crippen molar-refractivity contribution in [2.24, 2.45) is 0 Å². The van der Waals surface area contributed by atoms with Crippen molar-refractivity contribution < 1.29 is 22.0 Å². The zero-order chi connectivity index (χ0) is 25.3. The highest BCUT2D eigenvalue weighted by atomic mass is 32.2. The summed E-state index contributed by atoms with van der Waals surface area (Å²) in [6.07, 6.45) is 3.77. The Morgan fingerprint density at radius 1 is 0.944 bits per heavy atom. The van der Waals surface area contributed by atoms with Gasteiger partial charge in [-0.3, -0.25) is 14.1 Å². The predicted molar refractivity (Wildman–Crippen MR) is 136 cm³/mol. The molecule has 5 rings (SSSR count). The third kappa shape index (κ3) is 4.66. The number of carbonyl (C=O) groups is 1. The minimum Gasteiger partial charge on any atom is -0.322 e. The summed E-state index contributed by atoms with van der Waals surface area (Å²) in [5, 5.41) is 4.08. The summed E-state index contributed by atoms with van der Waals surface area (Å²) in [7, 11) is -3.40. The van der Waals surface area contributed by atoms with Gasteiger partial charge in [0, 0.05) is 41.0 Å². The van der Waals surface area contributed by atoms with Crippen LogP contribution in [0, 0.1) is 11.6 Å². The average molecular weight is 508 g/mol. The molecule has 184 valence electrons. The molecule has 0 bridgehead atoms. The van der Waals surface area contributed by atoms with Crippen molar-refractivity contribution in [2.75, 3.05) is 21.9 Å². The Labute approximate surface area is 207 Å². The van der Waals surface area contributed by atoms with Crippen molar-refractivity contribution in [3.8, 4) is 11.3 Å². The fourth-order valence-electron chi connectivity index (χ4n) is 4.41. The maximum absolute atomic E-state index is 14.8. The molecule has 2 heterocycles. The zero-order valence-electron chi connectivity index (χ0n) is 19.2. The lowest BCUT2D eigenvalue weighted by Crippen LogP contribution is -2.32. The van der Waals surface area contributed by atoms with Crippen molar-refractivity contribution in [1.29, 1.82) is 0 Å². The number of nitrogens with one attached hydrogen (secondary N) is 1. The van der Waals surface area contributed by atoms with Crippen LogP contribution in [0.1, 0.15) is 29.6 Å². The van der Waals surface area contributed by atoms with Gasteiger partial charge in [0.1, 0.15) is 0 Å². The molecule has 1 aromatic heterocycles. The normalized spacial score (nSPS) is 15.4. The van der Waals surface area contributed by atoms with Gasteiger partial charge in [-0.05, 0) is 54.6 Å². The molecule has 1 N–H and O–H groups in total. The molecule has 0 radical (unpaired) electrons. The Morgan fingerprint density at radius 2 is 1.72 bits per heavy atom. The van der Waals surface area contributed by atoms with E-state index in [0.29, 0.717) is 24.0 Å². The number of amides is 1. The van der Waals surface area contributed by atoms with Crippen LogP contribution >= 0.6 is 0 Å². The number of hydrogen-bond donors (Lipinski definition) is 1. The molecule has 0 atom stereocenters. The molecule has 36 heavy (non-hydrogen) atoms. The van der Waals surface area contributed by atoms with Crippen molar-refractivity contribution >= 4 is 38.1 Å². The van der Waals surface area contributed by atoms with E-state index in [2.05, 4.69) is 10.3 Å². The van der Waals surface area contributed by atoms with Gasteiger partial charge in [-0.25, -0.2) is 17.2 Å². The number of rotatable bonds is 4. The van der Waals surface area contributed by atoms with E-state index in [4.69, 9.17) is 0 Å². The molecule has 1 fully saturated rings. The van der Waals surface area contributed by atoms with E-state index in [-0.39, 0.29) is 28.3 Å². The molecule has 0 spiro atoms. The van der Waals surface area contributed by atoms with Crippen LogP contribution in [-0.2, 0) is 10.0 Å². The van der Waals surface area contributed by atoms with Gasteiger partial charge in [0.2, 0.25) is 10.0 Å². The first-order valence-electron chi connectivity index (χ1n) is 11.6. The third-order valence-corrected chi connectivity index (χ3v) is 8.10. The van der Waals surface area contributed by atoms with E-state index in [1.165, 1.54) is 28.7 Å². The number of carbonyl (C=O) groups excluding carboxylic acids is 1. The van der Waals surface area contributed by atoms with Crippen LogP contribution in [0.2, 0.25) is 0 Å². The van der Waals surface area contributed by atoms with Crippen LogP contribution in [0.15, 0.2) is 72.9 Å². The first-order chi connectivity index (χ1) is 17.3. The van der Waals surface area contributed by atoms with E-state index in [0.717, 1.165) is 24.3 Å². The number of benzene rings is 3. The molecule has 6 nitrogen and oxygen atoms in total. The van der Waals surface area contributed by atoms with Crippen LogP contribution in [-0.4, -0.2) is 31.6 Å². The number of anilines is 2. The molecule has 0 saturated carbocycles. The number of pyridine rings is 1. The Kier molecular flexibility index (Phi) is 6.40. The van der Waals surface area contributed by atoms with Crippen molar-refractivity contribution in [3.63, 3.8) is 0 Å². The van der Waals surface area contributed by atoms with Crippen LogP contribution < -0.4 is 9.62 Å². The van der Waals surface area contributed by atoms with Crippen LogP contribution in [0.4, 0.5) is 20.2 Å². The lowest BCUT2D eigenvalue weighted by atomic mass is 10.0. The van der Waals surface area contributed by atoms with Gasteiger partial charge in [-0.1, -0.05) is 30.7 Å². The first kappa shape index (κ1) is 23.9. The summed E-state index contributed by atoms with van der Waals surface area (Å²) >= 11 is 0. The van der Waals surface area contributed by atoms with Crippen molar-refractivity contribution in [1.82, 2.24) is 4.98 Å². The quantitative estimate of drug-likeness (QED) is 0.381. The molecular weight excluding hydrogens is 484 g/mol. The van der Waals surface area contributed by atoms with E-state index < -0.39 is 27.6 Å². The molecule has 0 aliphatic carbocycles. The summed E-state index contributed by atoms with van der Waals surface area (Å²) in [6.45, 7) is 0.397. The molecule has 1 aliphatic heterocycles. The van der Waals surface area contributed by atoms with Crippen molar-refractivity contribution in [3.05, 3.63) is 90.1 Å². The van der Waals surface area contributed by atoms with Gasteiger partial charge in [0.25, 0.3) is 5.91 Å². The molecule has 9 heteroatoms. The van der Waals surface area contributed by atoms with E-state index in [9.17, 15) is 22.0 Å². The molecule has 1 aliphatic rings. The minimum absolute atomic E-state index is 0.0659. The Balaban J connectivity index is 1.42. The third-order valence-electron chi connectivity index (χ3n) is 6.23. The second-order valence-corrected chi connectivity index (χ2v) is 10.7. The summed E-state index contributed by atoms with van der Waals surface area (Å²) in [5.41, 5.74) is 1.02. The summed E-state index contributed by atoms with van der Waals surface area (Å²) in [6, 6.07) is 17.5. The summed E-state index contributed by atoms with van der Waals surface area (Å²) in [5.74, 6) is -2.61. The van der Waals surface area contributed by atoms with E-state index >= 15 is 0 Å². The fraction of sp³-hybridized carbons (Fsp3) is 0.185. The maximum atomic E-state index is 14.8. The van der Waals surface area contributed by atoms with Crippen LogP contribution in [0.3, 0.4) is 0 Å². The zero-order valence-corrected chi connectivity index (χ0v) is 20.1. The number of halogens is 2. The van der Waals surface area contributed by atoms with Gasteiger partial charge in [-0.15, -0.1) is 0 Å². The molecule has 4 aromatic rings. The SMILES string of the molecule is O=C(Nc1cc(F)c(F)c(-c2nccc3ccccc23)c1)c1ccc(N2CCCCCS2(=O)=O)cc1. The number of aromatic nitrogens is 1. The molecule has 0 unspecified atom stereocenters. The highest BCUT2D eigenvalue weighted by molar-refractivity contribution is 7.92. The second kappa shape index (κ2) is 9.66. The summed E-state index contributed by atoms with van der Waals surface area (Å²) < 4.78 is 55.7. The number of nitrogens with zero attached hydrogens (tertiary/aromatic N) is 2. The predicted octanol–water partition coefficient (Wildman–Crippen LogP) is 5.75. The largest absolute Gasteiger partial charge is 0.322 e. The number of sulfonamides is 1. The summed E-state index contributed by atoms with van der Waals surface area (Å²) in [4.78, 5) is 17.1. The monoisotopic (exact) mass is 507 g/mol. The van der Waals surface area contributed by atoms with Crippen molar-refractivity contribution in [2.45, 2.75) is 19.3 Å². The number of hydrogen-bond acceptors (Lipinski definition) is 4. The second-order valence-electron chi connectivity index (χ2n) is 8.65. The fourth-order valence-corrected chi connectivity index (χ4v) is 6.05. The smallest absolute Gasteiger partial charge is 0.255 e. The Morgan fingerprint density at radius 3 is 2.53 bits per heavy atom. The van der Waals surface area contributed by atoms with Gasteiger partial charge < -0.3 is 5.32 Å². The molecule has 1 saturated heterocycles. The van der Waals surface area contributed by atoms with Crippen LogP contribution in [0.25, 0.3) is 22.0 Å². The average Bonchev–Trinajstić information content (AvgIpc) is 3.06. The van der Waals surface area contributed by atoms with Gasteiger partial charge in [0.15, 0.2) is 11.6 Å². The highest BCUT2D eigenvalue weighted by Gasteiger charge is 2.25. The highest BCUT2D eigenvalue weighted by Crippen LogP contribution is 2.32. The van der Waals surface area contributed by atoms with Gasteiger partial charge in [0.05, 0.1) is 17.1 Å². The van der Waals surface area contributed by atoms with E-state index in [1.807, 2.05) is 12.1 Å². The Hall–Kier alpha value is -3.85. The van der Waals surface area contributed by atoms with E-state index in [1.54, 1.807) is 30.3 Å². The van der Waals surface area contributed by atoms with Gasteiger partial charge >= 0.3 is 0 Å². The maximum Gasteiger partial charge on any atom is 0.255 e. The van der Waals surface area contributed by atoms with Crippen LogP contribution in [0.5, 0.6) is 0 Å². The molecule has 3 aromatic carbocycles. The lowest BCUT2D eigenvalue weighted by Gasteiger charge is -2.22. The molecular formula is C27H23F2N3O3S. The molecule has 1 amide bonds. The first-order valence-corrected chi connectivity index (χ1v) is 13.2. The standard InChI is InChI=1S/C27H23F2N3O3S/c28-24-17-20(16-23(25(24)29)26-22-7-3-2-6-18(22)12-13-30-26)31-27(33)19-8-10-21(11-9-19)32-14-4-1-5-15-36(32,34)35/h2-3,6-13,16-17H,1,4-5,14-15H2,(H,31,33). The lowest BCUT2D eigenvalue weighted by molar-refractivity contribution is 0.102. The number of fused-ring (bicyclic) bond motifs is 1. The Bertz CT molecular complexity index is 1550.